The fourth-order valence-electron chi connectivity index (χ4n) is 2.49. The number of carbonyl (C=O) groups excluding carboxylic acids is 1. The summed E-state index contributed by atoms with van der Waals surface area (Å²) in [5.41, 5.74) is 0.741. The number of nitrogens with one attached hydrogen (secondary N) is 2. The first-order valence-electron chi connectivity index (χ1n) is 6.90. The average Bonchev–Trinajstić information content (AvgIpc) is 2.37. The van der Waals surface area contributed by atoms with Crippen molar-refractivity contribution >= 4 is 17.7 Å². The van der Waals surface area contributed by atoms with E-state index in [1.54, 1.807) is 32.2 Å². The zero-order valence-corrected chi connectivity index (χ0v) is 12.2. The van der Waals surface area contributed by atoms with Gasteiger partial charge in [0.2, 0.25) is 0 Å². The normalized spacial score (nSPS) is 15.9. The van der Waals surface area contributed by atoms with E-state index in [0.717, 1.165) is 19.3 Å². The largest absolute Gasteiger partial charge is 0.478 e. The monoisotopic (exact) mass is 292 g/mol. The topological polar surface area (TPSA) is 87.7 Å². The van der Waals surface area contributed by atoms with Crippen LogP contribution in [0.5, 0.6) is 0 Å². The quantitative estimate of drug-likeness (QED) is 0.777. The molecule has 0 aliphatic heterocycles. The van der Waals surface area contributed by atoms with Gasteiger partial charge in [-0.05, 0) is 37.8 Å². The van der Waals surface area contributed by atoms with E-state index >= 15 is 0 Å². The van der Waals surface area contributed by atoms with Crippen LogP contribution in [0.4, 0.5) is 10.5 Å². The van der Waals surface area contributed by atoms with Crippen molar-refractivity contribution in [1.29, 1.82) is 0 Å². The van der Waals surface area contributed by atoms with E-state index in [-0.39, 0.29) is 11.2 Å². The maximum absolute atomic E-state index is 11.9. The Bertz CT molecular complexity index is 547. The van der Waals surface area contributed by atoms with Crippen molar-refractivity contribution in [3.8, 4) is 0 Å². The molecule has 1 aliphatic carbocycles. The molecule has 0 heterocycles. The van der Waals surface area contributed by atoms with E-state index in [4.69, 9.17) is 4.74 Å². The van der Waals surface area contributed by atoms with Gasteiger partial charge in [0.05, 0.1) is 16.9 Å². The Morgan fingerprint density at radius 1 is 1.38 bits per heavy atom. The molecule has 21 heavy (non-hydrogen) atoms. The number of amides is 2. The zero-order chi connectivity index (χ0) is 15.5. The third kappa shape index (κ3) is 3.33. The van der Waals surface area contributed by atoms with Crippen LogP contribution < -0.4 is 10.6 Å². The molecule has 1 aromatic carbocycles. The number of anilines is 1. The van der Waals surface area contributed by atoms with Gasteiger partial charge in [-0.2, -0.15) is 0 Å². The molecule has 114 valence electrons. The van der Waals surface area contributed by atoms with E-state index < -0.39 is 12.0 Å². The lowest BCUT2D eigenvalue weighted by Crippen LogP contribution is -2.50. The second-order valence-electron chi connectivity index (χ2n) is 5.35. The van der Waals surface area contributed by atoms with Gasteiger partial charge in [0.1, 0.15) is 0 Å². The smallest absolute Gasteiger partial charge is 0.338 e. The van der Waals surface area contributed by atoms with Crippen LogP contribution in [-0.4, -0.2) is 36.4 Å². The molecular formula is C15H20N2O4. The molecule has 1 aliphatic rings. The highest BCUT2D eigenvalue weighted by molar-refractivity contribution is 6.01. The van der Waals surface area contributed by atoms with Gasteiger partial charge in [-0.25, -0.2) is 9.59 Å². The highest BCUT2D eigenvalue weighted by Crippen LogP contribution is 2.34. The maximum atomic E-state index is 11.9. The molecule has 2 rings (SSSR count). The van der Waals surface area contributed by atoms with Gasteiger partial charge in [0.25, 0.3) is 0 Å². The van der Waals surface area contributed by atoms with Crippen LogP contribution in [-0.2, 0) is 4.74 Å². The molecule has 0 radical (unpaired) electrons. The van der Waals surface area contributed by atoms with E-state index in [1.807, 2.05) is 0 Å². The number of aromatic carboxylic acids is 1. The molecule has 0 atom stereocenters. The fraction of sp³-hybridized carbons (Fsp3) is 0.467. The lowest BCUT2D eigenvalue weighted by molar-refractivity contribution is -0.0671. The van der Waals surface area contributed by atoms with Crippen molar-refractivity contribution in [2.45, 2.75) is 31.8 Å². The first-order chi connectivity index (χ1) is 9.97. The molecule has 1 aromatic rings. The third-order valence-electron chi connectivity index (χ3n) is 4.00. The SMILES string of the molecule is COC1(CNC(=O)Nc2cccc(C)c2C(=O)O)CCC1. The Labute approximate surface area is 123 Å². The van der Waals surface area contributed by atoms with Crippen LogP contribution in [0.2, 0.25) is 0 Å². The number of hydrogen-bond donors (Lipinski definition) is 3. The summed E-state index contributed by atoms with van der Waals surface area (Å²) in [4.78, 5) is 23.2. The van der Waals surface area contributed by atoms with Crippen LogP contribution in [0.25, 0.3) is 0 Å². The summed E-state index contributed by atoms with van der Waals surface area (Å²) in [6.07, 6.45) is 2.95. The molecule has 3 N–H and O–H groups in total. The first-order valence-corrected chi connectivity index (χ1v) is 6.90. The summed E-state index contributed by atoms with van der Waals surface area (Å²) in [5, 5.41) is 14.5. The average molecular weight is 292 g/mol. The molecule has 0 spiro atoms. The molecule has 1 fully saturated rings. The molecule has 6 nitrogen and oxygen atoms in total. The number of hydrogen-bond acceptors (Lipinski definition) is 3. The molecule has 0 saturated heterocycles. The number of ether oxygens (including phenoxy) is 1. The van der Waals surface area contributed by atoms with Crippen LogP contribution in [0, 0.1) is 6.92 Å². The van der Waals surface area contributed by atoms with Crippen molar-refractivity contribution < 1.29 is 19.4 Å². The van der Waals surface area contributed by atoms with Crippen LogP contribution >= 0.6 is 0 Å². The Morgan fingerprint density at radius 2 is 2.10 bits per heavy atom. The molecule has 0 bridgehead atoms. The van der Waals surface area contributed by atoms with E-state index in [2.05, 4.69) is 10.6 Å². The summed E-state index contributed by atoms with van der Waals surface area (Å²) in [6, 6.07) is 4.55. The van der Waals surface area contributed by atoms with Crippen molar-refractivity contribution in [3.05, 3.63) is 29.3 Å². The summed E-state index contributed by atoms with van der Waals surface area (Å²) in [5.74, 6) is -1.06. The second-order valence-corrected chi connectivity index (χ2v) is 5.35. The minimum atomic E-state index is -1.06. The number of carbonyl (C=O) groups is 2. The fourth-order valence-corrected chi connectivity index (χ4v) is 2.49. The summed E-state index contributed by atoms with van der Waals surface area (Å²) in [7, 11) is 1.64. The van der Waals surface area contributed by atoms with E-state index in [1.165, 1.54) is 0 Å². The lowest BCUT2D eigenvalue weighted by Gasteiger charge is -2.40. The van der Waals surface area contributed by atoms with Crippen molar-refractivity contribution in [3.63, 3.8) is 0 Å². The highest BCUT2D eigenvalue weighted by atomic mass is 16.5. The summed E-state index contributed by atoms with van der Waals surface area (Å²) in [6.45, 7) is 2.12. The molecular weight excluding hydrogens is 272 g/mol. The minimum absolute atomic E-state index is 0.109. The number of benzene rings is 1. The summed E-state index contributed by atoms with van der Waals surface area (Å²) >= 11 is 0. The van der Waals surface area contributed by atoms with Gasteiger partial charge < -0.3 is 20.5 Å². The van der Waals surface area contributed by atoms with E-state index in [0.29, 0.717) is 17.8 Å². The number of carboxylic acids is 1. The van der Waals surface area contributed by atoms with Gasteiger partial charge in [-0.1, -0.05) is 12.1 Å². The highest BCUT2D eigenvalue weighted by Gasteiger charge is 2.37. The first kappa shape index (κ1) is 15.3. The third-order valence-corrected chi connectivity index (χ3v) is 4.00. The maximum Gasteiger partial charge on any atom is 0.338 e. The number of urea groups is 1. The molecule has 2 amide bonds. The van der Waals surface area contributed by atoms with Gasteiger partial charge >= 0.3 is 12.0 Å². The molecule has 0 unspecified atom stereocenters. The number of carboxylic acid groups (broad SMARTS) is 1. The second kappa shape index (κ2) is 6.13. The van der Waals surface area contributed by atoms with Crippen LogP contribution in [0.15, 0.2) is 18.2 Å². The molecule has 0 aromatic heterocycles. The van der Waals surface area contributed by atoms with Gasteiger partial charge in [-0.15, -0.1) is 0 Å². The Hall–Kier alpha value is -2.08. The van der Waals surface area contributed by atoms with E-state index in [9.17, 15) is 14.7 Å². The van der Waals surface area contributed by atoms with Crippen molar-refractivity contribution in [1.82, 2.24) is 5.32 Å². The predicted octanol–water partition coefficient (Wildman–Crippen LogP) is 2.38. The Morgan fingerprint density at radius 3 is 2.62 bits per heavy atom. The number of methoxy groups -OCH3 is 1. The van der Waals surface area contributed by atoms with Crippen LogP contribution in [0.3, 0.4) is 0 Å². The van der Waals surface area contributed by atoms with Crippen LogP contribution in [0.1, 0.15) is 35.2 Å². The van der Waals surface area contributed by atoms with Gasteiger partial charge in [0, 0.05) is 13.7 Å². The van der Waals surface area contributed by atoms with Crippen molar-refractivity contribution in [2.75, 3.05) is 19.0 Å². The van der Waals surface area contributed by atoms with Gasteiger partial charge in [0.15, 0.2) is 0 Å². The van der Waals surface area contributed by atoms with Gasteiger partial charge in [-0.3, -0.25) is 0 Å². The van der Waals surface area contributed by atoms with Crippen molar-refractivity contribution in [2.24, 2.45) is 0 Å². The Balaban J connectivity index is 2.00. The zero-order valence-electron chi connectivity index (χ0n) is 12.2. The molecule has 6 heteroatoms. The predicted molar refractivity (Wildman–Crippen MR) is 78.8 cm³/mol. The summed E-state index contributed by atoms with van der Waals surface area (Å²) < 4.78 is 5.42. The Kier molecular flexibility index (Phi) is 4.47. The lowest BCUT2D eigenvalue weighted by atomic mass is 9.80. The number of aryl methyl sites for hydroxylation is 1. The standard InChI is InChI=1S/C15H20N2O4/c1-10-5-3-6-11(12(10)13(18)19)17-14(20)16-9-15(21-2)7-4-8-15/h3,5-6H,4,7-9H2,1-2H3,(H,18,19)(H2,16,17,20). The number of rotatable bonds is 5. The minimum Gasteiger partial charge on any atom is -0.478 e. The molecule has 1 saturated carbocycles.